The normalized spacial score (nSPS) is 17.5. The minimum atomic E-state index is -0.0219. The molecule has 1 unspecified atom stereocenters. The average Bonchev–Trinajstić information content (AvgIpc) is 3.07. The summed E-state index contributed by atoms with van der Waals surface area (Å²) < 4.78 is 2.02. The number of fused-ring (bicyclic) bond motifs is 1. The van der Waals surface area contributed by atoms with Crippen LogP contribution in [-0.2, 0) is 24.3 Å². The third kappa shape index (κ3) is 4.51. The van der Waals surface area contributed by atoms with E-state index < -0.39 is 0 Å². The highest BCUT2D eigenvalue weighted by Crippen LogP contribution is 2.21. The zero-order valence-corrected chi connectivity index (χ0v) is 17.4. The van der Waals surface area contributed by atoms with Crippen molar-refractivity contribution in [2.45, 2.75) is 58.7 Å². The number of piperidine rings is 1. The number of para-hydroxylation sites is 2. The predicted octanol–water partition coefficient (Wildman–Crippen LogP) is 4.61. The van der Waals surface area contributed by atoms with Gasteiger partial charge in [-0.1, -0.05) is 37.6 Å². The van der Waals surface area contributed by atoms with Crippen molar-refractivity contribution in [2.75, 3.05) is 11.9 Å². The summed E-state index contributed by atoms with van der Waals surface area (Å²) in [5.41, 5.74) is 4.06. The Kier molecular flexibility index (Phi) is 5.95. The fraction of sp³-hybridized carbons (Fsp3) is 0.417. The van der Waals surface area contributed by atoms with E-state index in [0.29, 0.717) is 6.04 Å². The smallest absolute Gasteiger partial charge is 0.244 e. The molecule has 2 heterocycles. The van der Waals surface area contributed by atoms with Crippen LogP contribution in [0.15, 0.2) is 48.5 Å². The van der Waals surface area contributed by atoms with Crippen LogP contribution in [0.5, 0.6) is 0 Å². The number of hydrogen-bond donors (Lipinski definition) is 1. The molecule has 1 saturated heterocycles. The molecule has 5 heteroatoms. The second-order valence-electron chi connectivity index (χ2n) is 8.02. The second-order valence-corrected chi connectivity index (χ2v) is 8.02. The number of likely N-dealkylation sites (tertiary alicyclic amines) is 1. The Morgan fingerprint density at radius 1 is 1.17 bits per heavy atom. The summed E-state index contributed by atoms with van der Waals surface area (Å²) >= 11 is 0. The van der Waals surface area contributed by atoms with Gasteiger partial charge in [0, 0.05) is 24.7 Å². The monoisotopic (exact) mass is 390 g/mol. The quantitative estimate of drug-likeness (QED) is 0.669. The Labute approximate surface area is 172 Å². The van der Waals surface area contributed by atoms with Crippen molar-refractivity contribution in [3.8, 4) is 0 Å². The molecule has 0 bridgehead atoms. The molecule has 1 fully saturated rings. The van der Waals surface area contributed by atoms with E-state index in [9.17, 15) is 4.79 Å². The number of hydrogen-bond acceptors (Lipinski definition) is 3. The molecule has 3 aromatic rings. The molecule has 29 heavy (non-hydrogen) atoms. The zero-order chi connectivity index (χ0) is 20.2. The minimum absolute atomic E-state index is 0.0219. The first-order chi connectivity index (χ1) is 14.1. The fourth-order valence-corrected chi connectivity index (χ4v) is 4.29. The van der Waals surface area contributed by atoms with Crippen molar-refractivity contribution < 1.29 is 4.79 Å². The number of amides is 1. The highest BCUT2D eigenvalue weighted by Gasteiger charge is 2.18. The summed E-state index contributed by atoms with van der Waals surface area (Å²) in [5, 5.41) is 3.08. The summed E-state index contributed by atoms with van der Waals surface area (Å²) in [4.78, 5) is 20.0. The maximum atomic E-state index is 12.8. The van der Waals surface area contributed by atoms with E-state index in [2.05, 4.69) is 41.2 Å². The molecule has 0 aliphatic carbocycles. The topological polar surface area (TPSA) is 50.2 Å². The molecule has 0 spiro atoms. The molecule has 1 N–H and O–H groups in total. The van der Waals surface area contributed by atoms with Crippen LogP contribution in [0.3, 0.4) is 0 Å². The van der Waals surface area contributed by atoms with Gasteiger partial charge in [-0.05, 0) is 56.1 Å². The Hall–Kier alpha value is -2.66. The molecule has 0 radical (unpaired) electrons. The van der Waals surface area contributed by atoms with Gasteiger partial charge in [-0.3, -0.25) is 9.69 Å². The number of aromatic nitrogens is 2. The molecule has 1 aromatic heterocycles. The standard InChI is InChI=1S/C24H30N4O/c1-3-23-26-21-12-4-5-13-22(21)28(23)17-24(29)25-20-11-8-10-19(15-20)16-27-14-7-6-9-18(27)2/h4-5,8,10-13,15,18H,3,6-7,9,14,16-17H2,1-2H3,(H,25,29). The van der Waals surface area contributed by atoms with Gasteiger partial charge in [-0.15, -0.1) is 0 Å². The van der Waals surface area contributed by atoms with Gasteiger partial charge in [-0.2, -0.15) is 0 Å². The van der Waals surface area contributed by atoms with Crippen LogP contribution in [0, 0.1) is 0 Å². The molecule has 1 atom stereocenters. The molecule has 152 valence electrons. The largest absolute Gasteiger partial charge is 0.325 e. The third-order valence-corrected chi connectivity index (χ3v) is 5.89. The lowest BCUT2D eigenvalue weighted by Gasteiger charge is -2.33. The van der Waals surface area contributed by atoms with E-state index in [1.807, 2.05) is 41.0 Å². The van der Waals surface area contributed by atoms with Crippen molar-refractivity contribution in [2.24, 2.45) is 0 Å². The van der Waals surface area contributed by atoms with Crippen molar-refractivity contribution in [3.63, 3.8) is 0 Å². The molecule has 0 saturated carbocycles. The minimum Gasteiger partial charge on any atom is -0.325 e. The average molecular weight is 391 g/mol. The molecule has 1 amide bonds. The summed E-state index contributed by atoms with van der Waals surface area (Å²) in [5.74, 6) is 0.917. The van der Waals surface area contributed by atoms with E-state index in [0.717, 1.165) is 42.1 Å². The summed E-state index contributed by atoms with van der Waals surface area (Å²) in [7, 11) is 0. The van der Waals surface area contributed by atoms with Crippen LogP contribution in [0.4, 0.5) is 5.69 Å². The van der Waals surface area contributed by atoms with E-state index in [1.54, 1.807) is 0 Å². The number of rotatable bonds is 6. The number of anilines is 1. The van der Waals surface area contributed by atoms with E-state index in [4.69, 9.17) is 0 Å². The number of carbonyl (C=O) groups is 1. The van der Waals surface area contributed by atoms with Crippen LogP contribution >= 0.6 is 0 Å². The first-order valence-electron chi connectivity index (χ1n) is 10.7. The second kappa shape index (κ2) is 8.78. The van der Waals surface area contributed by atoms with Gasteiger partial charge in [0.25, 0.3) is 0 Å². The summed E-state index contributed by atoms with van der Waals surface area (Å²) in [6.07, 6.45) is 4.68. The number of benzene rings is 2. The molecule has 2 aromatic carbocycles. The summed E-state index contributed by atoms with van der Waals surface area (Å²) in [6, 6.07) is 16.9. The molecule has 5 nitrogen and oxygen atoms in total. The van der Waals surface area contributed by atoms with E-state index >= 15 is 0 Å². The van der Waals surface area contributed by atoms with Gasteiger partial charge in [0.05, 0.1) is 11.0 Å². The Bertz CT molecular complexity index is 993. The fourth-order valence-electron chi connectivity index (χ4n) is 4.29. The Morgan fingerprint density at radius 2 is 2.03 bits per heavy atom. The van der Waals surface area contributed by atoms with Crippen LogP contribution in [0.25, 0.3) is 11.0 Å². The lowest BCUT2D eigenvalue weighted by Crippen LogP contribution is -2.36. The van der Waals surface area contributed by atoms with Crippen LogP contribution in [0.1, 0.15) is 44.5 Å². The first-order valence-corrected chi connectivity index (χ1v) is 10.7. The van der Waals surface area contributed by atoms with Gasteiger partial charge in [0.2, 0.25) is 5.91 Å². The summed E-state index contributed by atoms with van der Waals surface area (Å²) in [6.45, 7) is 6.76. The number of nitrogens with one attached hydrogen (secondary N) is 1. The number of nitrogens with zero attached hydrogens (tertiary/aromatic N) is 3. The van der Waals surface area contributed by atoms with Gasteiger partial charge in [0.1, 0.15) is 12.4 Å². The molecular formula is C24H30N4O. The number of imidazole rings is 1. The maximum Gasteiger partial charge on any atom is 0.244 e. The lowest BCUT2D eigenvalue weighted by atomic mass is 10.0. The Morgan fingerprint density at radius 3 is 2.86 bits per heavy atom. The SMILES string of the molecule is CCc1nc2ccccc2n1CC(=O)Nc1cccc(CN2CCCCC2C)c1. The number of carbonyl (C=O) groups excluding carboxylic acids is 1. The van der Waals surface area contributed by atoms with E-state index in [-0.39, 0.29) is 12.5 Å². The predicted molar refractivity (Wildman–Crippen MR) is 118 cm³/mol. The van der Waals surface area contributed by atoms with Gasteiger partial charge >= 0.3 is 0 Å². The van der Waals surface area contributed by atoms with Crippen LogP contribution < -0.4 is 5.32 Å². The van der Waals surface area contributed by atoms with Crippen molar-refractivity contribution in [1.82, 2.24) is 14.5 Å². The van der Waals surface area contributed by atoms with Crippen LogP contribution in [-0.4, -0.2) is 32.9 Å². The van der Waals surface area contributed by atoms with Crippen LogP contribution in [0.2, 0.25) is 0 Å². The highest BCUT2D eigenvalue weighted by molar-refractivity contribution is 5.91. The number of aryl methyl sites for hydroxylation is 1. The van der Waals surface area contributed by atoms with Gasteiger partial charge < -0.3 is 9.88 Å². The third-order valence-electron chi connectivity index (χ3n) is 5.89. The molecule has 1 aliphatic rings. The Balaban J connectivity index is 1.45. The maximum absolute atomic E-state index is 12.8. The van der Waals surface area contributed by atoms with Crippen molar-refractivity contribution in [1.29, 1.82) is 0 Å². The lowest BCUT2D eigenvalue weighted by molar-refractivity contribution is -0.116. The van der Waals surface area contributed by atoms with Crippen molar-refractivity contribution in [3.05, 3.63) is 59.9 Å². The molecule has 1 aliphatic heterocycles. The zero-order valence-electron chi connectivity index (χ0n) is 17.4. The van der Waals surface area contributed by atoms with Crippen molar-refractivity contribution >= 4 is 22.6 Å². The van der Waals surface area contributed by atoms with Gasteiger partial charge in [-0.25, -0.2) is 4.98 Å². The van der Waals surface area contributed by atoms with Gasteiger partial charge in [0.15, 0.2) is 0 Å². The highest BCUT2D eigenvalue weighted by atomic mass is 16.1. The first kappa shape index (κ1) is 19.6. The molecule has 4 rings (SSSR count). The molecular weight excluding hydrogens is 360 g/mol. The van der Waals surface area contributed by atoms with E-state index in [1.165, 1.54) is 24.8 Å².